The van der Waals surface area contributed by atoms with Crippen molar-refractivity contribution in [3.63, 3.8) is 0 Å². The normalized spacial score (nSPS) is 18.1. The Hall–Kier alpha value is -1.30. The van der Waals surface area contributed by atoms with E-state index in [-0.39, 0.29) is 6.09 Å². The minimum absolute atomic E-state index is 0.356. The highest BCUT2D eigenvalue weighted by molar-refractivity contribution is 5.75. The molecule has 0 saturated carbocycles. The molecule has 1 heterocycles. The zero-order chi connectivity index (χ0) is 16.8. The molecule has 22 heavy (non-hydrogen) atoms. The summed E-state index contributed by atoms with van der Waals surface area (Å²) < 4.78 is 10.3. The third-order valence-electron chi connectivity index (χ3n) is 4.08. The molecular weight excluding hydrogens is 286 g/mol. The molecule has 1 aliphatic rings. The predicted octanol–water partition coefficient (Wildman–Crippen LogP) is 2.91. The van der Waals surface area contributed by atoms with Gasteiger partial charge in [-0.1, -0.05) is 6.42 Å². The Bertz CT molecular complexity index is 380. The van der Waals surface area contributed by atoms with Gasteiger partial charge in [-0.15, -0.1) is 0 Å². The Morgan fingerprint density at radius 1 is 1.18 bits per heavy atom. The van der Waals surface area contributed by atoms with Crippen LogP contribution in [0.3, 0.4) is 0 Å². The maximum Gasteiger partial charge on any atom is 0.410 e. The average molecular weight is 315 g/mol. The number of amides is 1. The molecule has 128 valence electrons. The van der Waals surface area contributed by atoms with Crippen LogP contribution in [0.4, 0.5) is 4.79 Å². The van der Waals surface area contributed by atoms with E-state index >= 15 is 0 Å². The summed E-state index contributed by atoms with van der Waals surface area (Å²) in [5.41, 5.74) is -1.25. The van der Waals surface area contributed by atoms with Gasteiger partial charge in [0.25, 0.3) is 0 Å². The first-order valence-electron chi connectivity index (χ1n) is 7.90. The fourth-order valence-corrected chi connectivity index (χ4v) is 2.72. The monoisotopic (exact) mass is 315 g/mol. The SMILES string of the molecule is COCCCCC1(C(=O)O)CCN(C(=O)OC(C)(C)C)CC1. The quantitative estimate of drug-likeness (QED) is 0.763. The van der Waals surface area contributed by atoms with Gasteiger partial charge in [-0.3, -0.25) is 4.79 Å². The number of ether oxygens (including phenoxy) is 2. The molecular formula is C16H29NO5. The van der Waals surface area contributed by atoms with Crippen molar-refractivity contribution in [3.05, 3.63) is 0 Å². The van der Waals surface area contributed by atoms with Crippen LogP contribution in [-0.2, 0) is 14.3 Å². The molecule has 6 heteroatoms. The molecule has 0 aliphatic carbocycles. The molecule has 1 rings (SSSR count). The molecule has 1 fully saturated rings. The number of aliphatic carboxylic acids is 1. The lowest BCUT2D eigenvalue weighted by molar-refractivity contribution is -0.152. The number of carbonyl (C=O) groups is 2. The Labute approximate surface area is 132 Å². The van der Waals surface area contributed by atoms with Crippen LogP contribution in [0.15, 0.2) is 0 Å². The Balaban J connectivity index is 2.54. The standard InChI is InChI=1S/C16H29NO5/c1-15(2,3)22-14(20)17-10-8-16(9-11-17,13(18)19)7-5-6-12-21-4/h5-12H2,1-4H3,(H,18,19). The van der Waals surface area contributed by atoms with Crippen molar-refractivity contribution >= 4 is 12.1 Å². The van der Waals surface area contributed by atoms with E-state index in [9.17, 15) is 14.7 Å². The molecule has 1 amide bonds. The number of hydrogen-bond donors (Lipinski definition) is 1. The maximum atomic E-state index is 12.0. The van der Waals surface area contributed by atoms with Crippen molar-refractivity contribution in [1.82, 2.24) is 4.90 Å². The molecule has 0 unspecified atom stereocenters. The molecule has 0 atom stereocenters. The van der Waals surface area contributed by atoms with E-state index in [4.69, 9.17) is 9.47 Å². The number of piperidine rings is 1. The molecule has 0 aromatic heterocycles. The minimum Gasteiger partial charge on any atom is -0.481 e. The summed E-state index contributed by atoms with van der Waals surface area (Å²) in [6.07, 6.45) is 2.93. The summed E-state index contributed by atoms with van der Waals surface area (Å²) in [6.45, 7) is 7.00. The van der Waals surface area contributed by atoms with E-state index in [0.29, 0.717) is 39.0 Å². The van der Waals surface area contributed by atoms with E-state index in [0.717, 1.165) is 12.8 Å². The van der Waals surface area contributed by atoms with Crippen molar-refractivity contribution in [2.75, 3.05) is 26.8 Å². The number of carbonyl (C=O) groups excluding carboxylic acids is 1. The van der Waals surface area contributed by atoms with Crippen LogP contribution >= 0.6 is 0 Å². The van der Waals surface area contributed by atoms with Crippen LogP contribution < -0.4 is 0 Å². The van der Waals surface area contributed by atoms with Crippen molar-refractivity contribution in [2.24, 2.45) is 5.41 Å². The Morgan fingerprint density at radius 2 is 1.77 bits per heavy atom. The second-order valence-corrected chi connectivity index (χ2v) is 7.00. The second-order valence-electron chi connectivity index (χ2n) is 7.00. The third kappa shape index (κ3) is 5.48. The lowest BCUT2D eigenvalue weighted by atomic mass is 9.74. The van der Waals surface area contributed by atoms with Gasteiger partial charge >= 0.3 is 12.1 Å². The first-order valence-corrected chi connectivity index (χ1v) is 7.90. The van der Waals surface area contributed by atoms with Gasteiger partial charge in [0, 0.05) is 26.8 Å². The first-order chi connectivity index (χ1) is 10.2. The molecule has 0 aromatic carbocycles. The molecule has 1 aliphatic heterocycles. The van der Waals surface area contributed by atoms with E-state index in [1.165, 1.54) is 0 Å². The van der Waals surface area contributed by atoms with E-state index < -0.39 is 17.0 Å². The number of methoxy groups -OCH3 is 1. The van der Waals surface area contributed by atoms with Crippen molar-refractivity contribution in [2.45, 2.75) is 58.5 Å². The number of rotatable bonds is 6. The highest BCUT2D eigenvalue weighted by Gasteiger charge is 2.42. The van der Waals surface area contributed by atoms with Gasteiger partial charge in [0.1, 0.15) is 5.60 Å². The van der Waals surface area contributed by atoms with Gasteiger partial charge in [0.05, 0.1) is 5.41 Å². The predicted molar refractivity (Wildman–Crippen MR) is 82.8 cm³/mol. The number of likely N-dealkylation sites (tertiary alicyclic amines) is 1. The number of hydrogen-bond acceptors (Lipinski definition) is 4. The van der Waals surface area contributed by atoms with Crippen molar-refractivity contribution < 1.29 is 24.2 Å². The highest BCUT2D eigenvalue weighted by Crippen LogP contribution is 2.37. The summed E-state index contributed by atoms with van der Waals surface area (Å²) in [4.78, 5) is 25.3. The van der Waals surface area contributed by atoms with Crippen LogP contribution in [0.1, 0.15) is 52.9 Å². The van der Waals surface area contributed by atoms with Gasteiger partial charge in [-0.2, -0.15) is 0 Å². The molecule has 0 aromatic rings. The van der Waals surface area contributed by atoms with Gasteiger partial charge in [-0.05, 0) is 46.5 Å². The number of unbranched alkanes of at least 4 members (excludes halogenated alkanes) is 1. The Kier molecular flexibility index (Phi) is 6.66. The van der Waals surface area contributed by atoms with Crippen molar-refractivity contribution in [3.8, 4) is 0 Å². The minimum atomic E-state index is -0.756. The summed E-state index contributed by atoms with van der Waals surface area (Å²) in [7, 11) is 1.65. The largest absolute Gasteiger partial charge is 0.481 e. The maximum absolute atomic E-state index is 12.0. The second kappa shape index (κ2) is 7.81. The summed E-state index contributed by atoms with van der Waals surface area (Å²) in [5, 5.41) is 9.59. The van der Waals surface area contributed by atoms with Gasteiger partial charge in [0.15, 0.2) is 0 Å². The van der Waals surface area contributed by atoms with Crippen LogP contribution in [-0.4, -0.2) is 54.5 Å². The smallest absolute Gasteiger partial charge is 0.410 e. The van der Waals surface area contributed by atoms with Gasteiger partial charge < -0.3 is 19.5 Å². The summed E-state index contributed by atoms with van der Waals surface area (Å²) in [5.74, 6) is -0.756. The van der Waals surface area contributed by atoms with Gasteiger partial charge in [-0.25, -0.2) is 4.79 Å². The topological polar surface area (TPSA) is 76.1 Å². The zero-order valence-electron chi connectivity index (χ0n) is 14.2. The molecule has 1 saturated heterocycles. The Morgan fingerprint density at radius 3 is 2.23 bits per heavy atom. The third-order valence-corrected chi connectivity index (χ3v) is 4.08. The highest BCUT2D eigenvalue weighted by atomic mass is 16.6. The first kappa shape index (κ1) is 18.7. The van der Waals surface area contributed by atoms with Crippen molar-refractivity contribution in [1.29, 1.82) is 0 Å². The van der Waals surface area contributed by atoms with Crippen LogP contribution in [0.2, 0.25) is 0 Å². The van der Waals surface area contributed by atoms with Crippen LogP contribution in [0, 0.1) is 5.41 Å². The molecule has 1 N–H and O–H groups in total. The number of carboxylic acids is 1. The number of nitrogens with zero attached hydrogens (tertiary/aromatic N) is 1. The zero-order valence-corrected chi connectivity index (χ0v) is 14.2. The lowest BCUT2D eigenvalue weighted by Gasteiger charge is -2.39. The molecule has 0 spiro atoms. The van der Waals surface area contributed by atoms with E-state index in [1.807, 2.05) is 20.8 Å². The van der Waals surface area contributed by atoms with Crippen LogP contribution in [0.5, 0.6) is 0 Å². The fraction of sp³-hybridized carbons (Fsp3) is 0.875. The van der Waals surface area contributed by atoms with Gasteiger partial charge in [0.2, 0.25) is 0 Å². The van der Waals surface area contributed by atoms with E-state index in [1.54, 1.807) is 12.0 Å². The average Bonchev–Trinajstić information content (AvgIpc) is 2.42. The lowest BCUT2D eigenvalue weighted by Crippen LogP contribution is -2.47. The molecule has 0 bridgehead atoms. The molecule has 0 radical (unpaired) electrons. The number of carboxylic acid groups (broad SMARTS) is 1. The molecule has 6 nitrogen and oxygen atoms in total. The van der Waals surface area contributed by atoms with Crippen LogP contribution in [0.25, 0.3) is 0 Å². The van der Waals surface area contributed by atoms with E-state index in [2.05, 4.69) is 0 Å². The summed E-state index contributed by atoms with van der Waals surface area (Å²) in [6, 6.07) is 0. The summed E-state index contributed by atoms with van der Waals surface area (Å²) >= 11 is 0. The fourth-order valence-electron chi connectivity index (χ4n) is 2.72.